The van der Waals surface area contributed by atoms with Gasteiger partial charge >= 0.3 is 0 Å². The average Bonchev–Trinajstić information content (AvgIpc) is 2.34. The van der Waals surface area contributed by atoms with Crippen molar-refractivity contribution in [2.75, 3.05) is 34.8 Å². The van der Waals surface area contributed by atoms with Crippen molar-refractivity contribution in [2.24, 2.45) is 4.99 Å². The molecule has 0 spiro atoms. The van der Waals surface area contributed by atoms with Crippen molar-refractivity contribution in [3.05, 3.63) is 29.3 Å². The lowest BCUT2D eigenvalue weighted by Crippen LogP contribution is -2.37. The Hall–Kier alpha value is -1.71. The van der Waals surface area contributed by atoms with Crippen LogP contribution < -0.4 is 10.1 Å². The summed E-state index contributed by atoms with van der Waals surface area (Å²) in [5.74, 6) is 1.84. The molecule has 100 valence electrons. The van der Waals surface area contributed by atoms with E-state index < -0.39 is 0 Å². The summed E-state index contributed by atoms with van der Waals surface area (Å²) in [4.78, 5) is 6.14. The van der Waals surface area contributed by atoms with E-state index in [2.05, 4.69) is 29.4 Å². The summed E-state index contributed by atoms with van der Waals surface area (Å²) >= 11 is 0. The van der Waals surface area contributed by atoms with Crippen LogP contribution in [0.5, 0.6) is 5.75 Å². The molecule has 0 saturated heterocycles. The van der Waals surface area contributed by atoms with E-state index in [4.69, 9.17) is 4.74 Å². The minimum Gasteiger partial charge on any atom is -0.496 e. The Morgan fingerprint density at radius 3 is 2.67 bits per heavy atom. The Labute approximate surface area is 110 Å². The van der Waals surface area contributed by atoms with E-state index in [1.165, 1.54) is 11.1 Å². The van der Waals surface area contributed by atoms with Gasteiger partial charge in [-0.25, -0.2) is 0 Å². The number of benzene rings is 1. The number of ether oxygens (including phenoxy) is 1. The van der Waals surface area contributed by atoms with Crippen LogP contribution in [-0.4, -0.2) is 45.7 Å². The van der Waals surface area contributed by atoms with Crippen molar-refractivity contribution in [1.29, 1.82) is 0 Å². The summed E-state index contributed by atoms with van der Waals surface area (Å²) in [6, 6.07) is 6.25. The zero-order valence-electron chi connectivity index (χ0n) is 11.9. The number of rotatable bonds is 4. The van der Waals surface area contributed by atoms with Gasteiger partial charge in [-0.3, -0.25) is 4.99 Å². The summed E-state index contributed by atoms with van der Waals surface area (Å²) < 4.78 is 5.36. The summed E-state index contributed by atoms with van der Waals surface area (Å²) in [5.41, 5.74) is 2.47. The summed E-state index contributed by atoms with van der Waals surface area (Å²) in [7, 11) is 7.45. The van der Waals surface area contributed by atoms with Crippen molar-refractivity contribution >= 4 is 5.96 Å². The Bertz CT molecular complexity index is 414. The van der Waals surface area contributed by atoms with Crippen LogP contribution >= 0.6 is 0 Å². The van der Waals surface area contributed by atoms with Gasteiger partial charge in [0.05, 0.1) is 7.11 Å². The first-order valence-electron chi connectivity index (χ1n) is 6.10. The fraction of sp³-hybridized carbons (Fsp3) is 0.500. The number of guanidine groups is 1. The fourth-order valence-electron chi connectivity index (χ4n) is 1.85. The zero-order valence-corrected chi connectivity index (χ0v) is 11.9. The van der Waals surface area contributed by atoms with Crippen molar-refractivity contribution in [1.82, 2.24) is 10.2 Å². The second kappa shape index (κ2) is 6.89. The predicted molar refractivity (Wildman–Crippen MR) is 76.5 cm³/mol. The van der Waals surface area contributed by atoms with Gasteiger partial charge in [0.2, 0.25) is 0 Å². The lowest BCUT2D eigenvalue weighted by Gasteiger charge is -2.17. The third-order valence-corrected chi connectivity index (χ3v) is 2.75. The Kier molecular flexibility index (Phi) is 5.49. The first kappa shape index (κ1) is 14.4. The minimum absolute atomic E-state index is 0.838. The molecule has 0 saturated carbocycles. The van der Waals surface area contributed by atoms with E-state index in [0.717, 1.165) is 24.7 Å². The second-order valence-corrected chi connectivity index (χ2v) is 4.43. The van der Waals surface area contributed by atoms with Gasteiger partial charge in [-0.2, -0.15) is 0 Å². The van der Waals surface area contributed by atoms with Crippen LogP contribution in [0.15, 0.2) is 23.2 Å². The maximum atomic E-state index is 5.36. The number of hydrogen-bond acceptors (Lipinski definition) is 2. The topological polar surface area (TPSA) is 36.9 Å². The highest BCUT2D eigenvalue weighted by molar-refractivity contribution is 5.79. The molecule has 0 aliphatic rings. The normalized spacial score (nSPS) is 11.3. The average molecular weight is 249 g/mol. The molecule has 0 unspecified atom stereocenters. The molecular weight excluding hydrogens is 226 g/mol. The molecule has 1 aromatic carbocycles. The van der Waals surface area contributed by atoms with Crippen LogP contribution in [0.25, 0.3) is 0 Å². The Balaban J connectivity index is 2.61. The van der Waals surface area contributed by atoms with Gasteiger partial charge < -0.3 is 15.0 Å². The van der Waals surface area contributed by atoms with Crippen LogP contribution in [0.4, 0.5) is 0 Å². The number of aryl methyl sites for hydroxylation is 1. The first-order valence-corrected chi connectivity index (χ1v) is 6.10. The summed E-state index contributed by atoms with van der Waals surface area (Å²) in [6.45, 7) is 2.93. The number of methoxy groups -OCH3 is 1. The minimum atomic E-state index is 0.838. The zero-order chi connectivity index (χ0) is 13.5. The third kappa shape index (κ3) is 3.95. The monoisotopic (exact) mass is 249 g/mol. The SMILES string of the molecule is CN=C(NCCc1cc(C)ccc1OC)N(C)C. The second-order valence-electron chi connectivity index (χ2n) is 4.43. The molecule has 1 aromatic rings. The lowest BCUT2D eigenvalue weighted by molar-refractivity contribution is 0.409. The van der Waals surface area contributed by atoms with Gasteiger partial charge in [0.15, 0.2) is 5.96 Å². The molecule has 0 bridgehead atoms. The first-order chi connectivity index (χ1) is 8.58. The fourth-order valence-corrected chi connectivity index (χ4v) is 1.85. The van der Waals surface area contributed by atoms with Crippen LogP contribution in [0.3, 0.4) is 0 Å². The molecule has 4 nitrogen and oxygen atoms in total. The molecule has 0 atom stereocenters. The maximum Gasteiger partial charge on any atom is 0.193 e. The van der Waals surface area contributed by atoms with E-state index in [1.54, 1.807) is 14.2 Å². The molecular formula is C14H23N3O. The Morgan fingerprint density at radius 1 is 1.39 bits per heavy atom. The Morgan fingerprint density at radius 2 is 2.11 bits per heavy atom. The largest absolute Gasteiger partial charge is 0.496 e. The highest BCUT2D eigenvalue weighted by Crippen LogP contribution is 2.19. The molecule has 0 fully saturated rings. The van der Waals surface area contributed by atoms with Crippen LogP contribution in [0.1, 0.15) is 11.1 Å². The number of hydrogen-bond donors (Lipinski definition) is 1. The van der Waals surface area contributed by atoms with E-state index >= 15 is 0 Å². The van der Waals surface area contributed by atoms with E-state index in [0.29, 0.717) is 0 Å². The third-order valence-electron chi connectivity index (χ3n) is 2.75. The van der Waals surface area contributed by atoms with Crippen molar-refractivity contribution in [3.63, 3.8) is 0 Å². The molecule has 0 aliphatic carbocycles. The van der Waals surface area contributed by atoms with Gasteiger partial charge in [0, 0.05) is 27.7 Å². The highest BCUT2D eigenvalue weighted by Gasteiger charge is 2.04. The van der Waals surface area contributed by atoms with E-state index in [-0.39, 0.29) is 0 Å². The molecule has 1 rings (SSSR count). The maximum absolute atomic E-state index is 5.36. The molecule has 18 heavy (non-hydrogen) atoms. The summed E-state index contributed by atoms with van der Waals surface area (Å²) in [6.07, 6.45) is 0.914. The standard InChI is InChI=1S/C14H23N3O/c1-11-6-7-13(18-5)12(10-11)8-9-16-14(15-2)17(3)4/h6-7,10H,8-9H2,1-5H3,(H,15,16). The molecule has 0 amide bonds. The van der Waals surface area contributed by atoms with Crippen LogP contribution in [0, 0.1) is 6.92 Å². The van der Waals surface area contributed by atoms with Gasteiger partial charge in [-0.05, 0) is 25.0 Å². The molecule has 0 heterocycles. The van der Waals surface area contributed by atoms with Gasteiger partial charge in [-0.1, -0.05) is 17.7 Å². The van der Waals surface area contributed by atoms with Crippen molar-refractivity contribution in [2.45, 2.75) is 13.3 Å². The van der Waals surface area contributed by atoms with E-state index in [1.807, 2.05) is 25.1 Å². The van der Waals surface area contributed by atoms with E-state index in [9.17, 15) is 0 Å². The molecule has 0 radical (unpaired) electrons. The lowest BCUT2D eigenvalue weighted by atomic mass is 10.1. The van der Waals surface area contributed by atoms with Gasteiger partial charge in [0.1, 0.15) is 5.75 Å². The molecule has 0 aliphatic heterocycles. The smallest absolute Gasteiger partial charge is 0.193 e. The molecule has 0 aromatic heterocycles. The highest BCUT2D eigenvalue weighted by atomic mass is 16.5. The number of nitrogens with one attached hydrogen (secondary N) is 1. The quantitative estimate of drug-likeness (QED) is 0.651. The number of aliphatic imine (C=N–C) groups is 1. The van der Waals surface area contributed by atoms with Gasteiger partial charge in [-0.15, -0.1) is 0 Å². The van der Waals surface area contributed by atoms with Crippen molar-refractivity contribution in [3.8, 4) is 5.75 Å². The van der Waals surface area contributed by atoms with Crippen molar-refractivity contribution < 1.29 is 4.74 Å². The predicted octanol–water partition coefficient (Wildman–Crippen LogP) is 1.68. The molecule has 4 heteroatoms. The van der Waals surface area contributed by atoms with Gasteiger partial charge in [0.25, 0.3) is 0 Å². The molecule has 1 N–H and O–H groups in total. The van der Waals surface area contributed by atoms with Crippen LogP contribution in [-0.2, 0) is 6.42 Å². The summed E-state index contributed by atoms with van der Waals surface area (Å²) in [5, 5.41) is 3.31. The number of nitrogens with zero attached hydrogens (tertiary/aromatic N) is 2. The van der Waals surface area contributed by atoms with Crippen LogP contribution in [0.2, 0.25) is 0 Å².